The van der Waals surface area contributed by atoms with Gasteiger partial charge in [-0.1, -0.05) is 12.1 Å². The number of aliphatic hydroxyl groups excluding tert-OH is 1. The van der Waals surface area contributed by atoms with Crippen molar-refractivity contribution in [3.05, 3.63) is 29.8 Å². The normalized spacial score (nSPS) is 14.8. The minimum absolute atomic E-state index is 0.0414. The molecule has 0 bridgehead atoms. The minimum atomic E-state index is -0.434. The first-order valence-electron chi connectivity index (χ1n) is 6.27. The number of aliphatic hydroxyl groups is 1. The molecule has 1 aromatic rings. The summed E-state index contributed by atoms with van der Waals surface area (Å²) >= 11 is 1.63. The second kappa shape index (κ2) is 7.79. The molecule has 0 aliphatic rings. The molecule has 3 N–H and O–H groups in total. The Morgan fingerprint density at radius 2 is 2.06 bits per heavy atom. The maximum atomic E-state index is 9.77. The molecule has 3 nitrogen and oxygen atoms in total. The van der Waals surface area contributed by atoms with Crippen molar-refractivity contribution < 1.29 is 9.84 Å². The first-order valence-corrected chi connectivity index (χ1v) is 7.25. The molecule has 0 amide bonds. The van der Waals surface area contributed by atoms with Crippen LogP contribution < -0.4 is 5.73 Å². The van der Waals surface area contributed by atoms with Crippen molar-refractivity contribution in [1.29, 1.82) is 0 Å². The summed E-state index contributed by atoms with van der Waals surface area (Å²) in [7, 11) is 0. The number of hydrogen-bond acceptors (Lipinski definition) is 4. The Bertz CT molecular complexity index is 355. The highest BCUT2D eigenvalue weighted by atomic mass is 32.2. The van der Waals surface area contributed by atoms with Crippen LogP contribution in [0.3, 0.4) is 0 Å². The van der Waals surface area contributed by atoms with Crippen molar-refractivity contribution >= 4 is 11.8 Å². The molecule has 102 valence electrons. The Hall–Kier alpha value is -0.550. The first-order chi connectivity index (χ1) is 8.49. The third-order valence-electron chi connectivity index (χ3n) is 2.45. The molecule has 2 unspecified atom stereocenters. The molecule has 0 fully saturated rings. The van der Waals surface area contributed by atoms with E-state index in [1.807, 2.05) is 39.0 Å². The van der Waals surface area contributed by atoms with E-state index in [0.717, 1.165) is 10.5 Å². The fraction of sp³-hybridized carbons (Fsp3) is 0.571. The van der Waals surface area contributed by atoms with Gasteiger partial charge >= 0.3 is 0 Å². The molecule has 0 radical (unpaired) electrons. The summed E-state index contributed by atoms with van der Waals surface area (Å²) < 4.78 is 5.37. The van der Waals surface area contributed by atoms with Gasteiger partial charge in [0, 0.05) is 16.7 Å². The molecule has 0 aromatic heterocycles. The molecule has 0 spiro atoms. The van der Waals surface area contributed by atoms with Crippen molar-refractivity contribution in [3.8, 4) is 0 Å². The van der Waals surface area contributed by atoms with Crippen molar-refractivity contribution in [2.45, 2.75) is 43.9 Å². The molecule has 18 heavy (non-hydrogen) atoms. The predicted molar refractivity (Wildman–Crippen MR) is 76.9 cm³/mol. The molecule has 1 aromatic carbocycles. The summed E-state index contributed by atoms with van der Waals surface area (Å²) in [6.07, 6.45) is -0.276. The average molecular weight is 269 g/mol. The standard InChI is InChI=1S/C14H23NO2S/c1-10(2)17-8-13(16)9-18-14-6-4-5-12(7-14)11(3)15/h4-7,10-11,13,16H,8-9,15H2,1-3H3. The van der Waals surface area contributed by atoms with Gasteiger partial charge in [-0.3, -0.25) is 0 Å². The van der Waals surface area contributed by atoms with E-state index >= 15 is 0 Å². The zero-order valence-corrected chi connectivity index (χ0v) is 12.1. The highest BCUT2D eigenvalue weighted by Gasteiger charge is 2.07. The van der Waals surface area contributed by atoms with Gasteiger partial charge in [0.2, 0.25) is 0 Å². The quantitative estimate of drug-likeness (QED) is 0.747. The van der Waals surface area contributed by atoms with Gasteiger partial charge in [0.15, 0.2) is 0 Å². The van der Waals surface area contributed by atoms with Crippen LogP contribution >= 0.6 is 11.8 Å². The Balaban J connectivity index is 2.40. The number of rotatable bonds is 7. The second-order valence-corrected chi connectivity index (χ2v) is 5.80. The van der Waals surface area contributed by atoms with Crippen molar-refractivity contribution in [2.75, 3.05) is 12.4 Å². The number of thioether (sulfide) groups is 1. The fourth-order valence-corrected chi connectivity index (χ4v) is 2.31. The zero-order chi connectivity index (χ0) is 13.5. The summed E-state index contributed by atoms with van der Waals surface area (Å²) in [6.45, 7) is 6.28. The average Bonchev–Trinajstić information content (AvgIpc) is 2.34. The van der Waals surface area contributed by atoms with E-state index in [0.29, 0.717) is 12.4 Å². The van der Waals surface area contributed by atoms with E-state index in [1.54, 1.807) is 11.8 Å². The molecule has 0 saturated carbocycles. The van der Waals surface area contributed by atoms with Gasteiger partial charge in [-0.05, 0) is 38.5 Å². The summed E-state index contributed by atoms with van der Waals surface area (Å²) in [5, 5.41) is 9.77. The van der Waals surface area contributed by atoms with Crippen molar-refractivity contribution in [1.82, 2.24) is 0 Å². The van der Waals surface area contributed by atoms with E-state index in [9.17, 15) is 5.11 Å². The lowest BCUT2D eigenvalue weighted by molar-refractivity contribution is 0.0152. The van der Waals surface area contributed by atoms with Gasteiger partial charge in [0.25, 0.3) is 0 Å². The lowest BCUT2D eigenvalue weighted by Crippen LogP contribution is -2.20. The van der Waals surface area contributed by atoms with E-state index in [4.69, 9.17) is 10.5 Å². The molecule has 1 rings (SSSR count). The van der Waals surface area contributed by atoms with Gasteiger partial charge in [-0.25, -0.2) is 0 Å². The Morgan fingerprint density at radius 1 is 1.33 bits per heavy atom. The molecule has 2 atom stereocenters. The highest BCUT2D eigenvalue weighted by Crippen LogP contribution is 2.22. The Labute approximate surface area is 114 Å². The summed E-state index contributed by atoms with van der Waals surface area (Å²) in [4.78, 5) is 1.13. The van der Waals surface area contributed by atoms with Gasteiger partial charge in [0.1, 0.15) is 0 Å². The van der Waals surface area contributed by atoms with Crippen LogP contribution in [-0.2, 0) is 4.74 Å². The minimum Gasteiger partial charge on any atom is -0.390 e. The molecule has 0 saturated heterocycles. The van der Waals surface area contributed by atoms with Crippen molar-refractivity contribution in [3.63, 3.8) is 0 Å². The molecule has 0 aliphatic heterocycles. The smallest absolute Gasteiger partial charge is 0.0867 e. The zero-order valence-electron chi connectivity index (χ0n) is 11.3. The molecule has 0 heterocycles. The van der Waals surface area contributed by atoms with E-state index < -0.39 is 6.10 Å². The largest absolute Gasteiger partial charge is 0.390 e. The molecule has 4 heteroatoms. The predicted octanol–water partition coefficient (Wildman–Crippen LogP) is 2.58. The number of benzene rings is 1. The van der Waals surface area contributed by atoms with Gasteiger partial charge < -0.3 is 15.6 Å². The number of hydrogen-bond donors (Lipinski definition) is 2. The fourth-order valence-electron chi connectivity index (χ4n) is 1.43. The molecule has 0 aliphatic carbocycles. The maximum absolute atomic E-state index is 9.77. The lowest BCUT2D eigenvalue weighted by Gasteiger charge is -2.13. The van der Waals surface area contributed by atoms with Crippen LogP contribution in [0.4, 0.5) is 0 Å². The third-order valence-corrected chi connectivity index (χ3v) is 3.59. The van der Waals surface area contributed by atoms with E-state index in [1.165, 1.54) is 0 Å². The van der Waals surface area contributed by atoms with E-state index in [-0.39, 0.29) is 12.1 Å². The highest BCUT2D eigenvalue weighted by molar-refractivity contribution is 7.99. The summed E-state index contributed by atoms with van der Waals surface area (Å²) in [5.74, 6) is 0.634. The van der Waals surface area contributed by atoms with Crippen molar-refractivity contribution in [2.24, 2.45) is 5.73 Å². The van der Waals surface area contributed by atoms with Crippen LogP contribution in [0, 0.1) is 0 Å². The Kier molecular flexibility index (Phi) is 6.71. The van der Waals surface area contributed by atoms with Gasteiger partial charge in [-0.2, -0.15) is 0 Å². The monoisotopic (exact) mass is 269 g/mol. The first kappa shape index (κ1) is 15.5. The van der Waals surface area contributed by atoms with Crippen LogP contribution in [-0.4, -0.2) is 29.7 Å². The Morgan fingerprint density at radius 3 is 2.67 bits per heavy atom. The third kappa shape index (κ3) is 5.87. The van der Waals surface area contributed by atoms with Crippen LogP contribution in [0.1, 0.15) is 32.4 Å². The van der Waals surface area contributed by atoms with Gasteiger partial charge in [0.05, 0.1) is 18.8 Å². The van der Waals surface area contributed by atoms with Crippen LogP contribution in [0.5, 0.6) is 0 Å². The second-order valence-electron chi connectivity index (χ2n) is 4.71. The SMILES string of the molecule is CC(C)OCC(O)CSc1cccc(C(C)N)c1. The summed E-state index contributed by atoms with van der Waals surface area (Å²) in [6, 6.07) is 8.17. The number of nitrogens with two attached hydrogens (primary N) is 1. The number of ether oxygens (including phenoxy) is 1. The van der Waals surface area contributed by atoms with Crippen LogP contribution in [0.15, 0.2) is 29.2 Å². The van der Waals surface area contributed by atoms with Crippen LogP contribution in [0.2, 0.25) is 0 Å². The van der Waals surface area contributed by atoms with Gasteiger partial charge in [-0.15, -0.1) is 11.8 Å². The van der Waals surface area contributed by atoms with Crippen LogP contribution in [0.25, 0.3) is 0 Å². The molecular formula is C14H23NO2S. The van der Waals surface area contributed by atoms with E-state index in [2.05, 4.69) is 6.07 Å². The lowest BCUT2D eigenvalue weighted by atomic mass is 10.1. The topological polar surface area (TPSA) is 55.5 Å². The molecular weight excluding hydrogens is 246 g/mol. The summed E-state index contributed by atoms with van der Waals surface area (Å²) in [5.41, 5.74) is 6.96. The maximum Gasteiger partial charge on any atom is 0.0867 e.